The van der Waals surface area contributed by atoms with Crippen molar-refractivity contribution in [1.82, 2.24) is 0 Å². The molecule has 2 nitrogen and oxygen atoms in total. The molecule has 0 saturated carbocycles. The van der Waals surface area contributed by atoms with Crippen molar-refractivity contribution < 1.29 is 9.84 Å². The molecular weight excluding hydrogens is 200 g/mol. The van der Waals surface area contributed by atoms with Gasteiger partial charge in [-0.15, -0.1) is 0 Å². The zero-order valence-corrected chi connectivity index (χ0v) is 9.39. The van der Waals surface area contributed by atoms with E-state index in [4.69, 9.17) is 9.84 Å². The monoisotopic (exact) mass is 216 g/mol. The fraction of sp³-hybridized carbons (Fsp3) is 0.286. The maximum absolute atomic E-state index is 8.96. The minimum absolute atomic E-state index is 0.0981. The van der Waals surface area contributed by atoms with Crippen LogP contribution >= 0.6 is 0 Å². The van der Waals surface area contributed by atoms with Gasteiger partial charge in [-0.05, 0) is 23.1 Å². The number of methoxy groups -OCH3 is 1. The molecule has 1 unspecified atom stereocenters. The van der Waals surface area contributed by atoms with Crippen LogP contribution in [0.25, 0.3) is 5.57 Å². The third kappa shape index (κ3) is 2.40. The van der Waals surface area contributed by atoms with Crippen molar-refractivity contribution in [3.8, 4) is 0 Å². The second-order valence-corrected chi connectivity index (χ2v) is 3.88. The molecule has 2 rings (SSSR count). The number of benzene rings is 1. The Hall–Kier alpha value is -1.38. The molecule has 0 saturated heterocycles. The highest BCUT2D eigenvalue weighted by molar-refractivity contribution is 5.75. The molecule has 0 fully saturated rings. The van der Waals surface area contributed by atoms with Crippen LogP contribution in [0.3, 0.4) is 0 Å². The van der Waals surface area contributed by atoms with Crippen LogP contribution < -0.4 is 0 Å². The van der Waals surface area contributed by atoms with E-state index in [2.05, 4.69) is 18.2 Å². The Balaban J connectivity index is 2.14. The van der Waals surface area contributed by atoms with Crippen molar-refractivity contribution in [2.45, 2.75) is 19.1 Å². The van der Waals surface area contributed by atoms with E-state index >= 15 is 0 Å². The summed E-state index contributed by atoms with van der Waals surface area (Å²) in [6, 6.07) is 7.97. The van der Waals surface area contributed by atoms with Crippen LogP contribution in [0, 0.1) is 0 Å². The zero-order chi connectivity index (χ0) is 11.4. The van der Waals surface area contributed by atoms with Crippen molar-refractivity contribution in [1.29, 1.82) is 0 Å². The number of rotatable bonds is 3. The summed E-state index contributed by atoms with van der Waals surface area (Å²) in [5.41, 5.74) is 3.35. The topological polar surface area (TPSA) is 29.5 Å². The van der Waals surface area contributed by atoms with Gasteiger partial charge in [0.2, 0.25) is 0 Å². The number of allylic oxidation sites excluding steroid dienone is 2. The van der Waals surface area contributed by atoms with Crippen LogP contribution in [-0.4, -0.2) is 18.3 Å². The van der Waals surface area contributed by atoms with Gasteiger partial charge in [0.1, 0.15) is 0 Å². The van der Waals surface area contributed by atoms with E-state index in [0.29, 0.717) is 0 Å². The molecule has 0 radical (unpaired) electrons. The molecule has 1 aromatic carbocycles. The number of aliphatic hydroxyl groups is 1. The molecule has 2 heteroatoms. The van der Waals surface area contributed by atoms with E-state index < -0.39 is 0 Å². The average Bonchev–Trinajstić information content (AvgIpc) is 2.39. The van der Waals surface area contributed by atoms with Crippen molar-refractivity contribution >= 4 is 5.57 Å². The molecule has 16 heavy (non-hydrogen) atoms. The average molecular weight is 216 g/mol. The van der Waals surface area contributed by atoms with Gasteiger partial charge in [0.15, 0.2) is 0 Å². The standard InChI is InChI=1S/C14H16O2/c1-16-14-8-6-13(7-9-14)12-4-2-11(10-15)3-5-12/h2-8,14-15H,9-10H2,1H3. The fourth-order valence-electron chi connectivity index (χ4n) is 1.79. The molecule has 1 N–H and O–H groups in total. The summed E-state index contributed by atoms with van der Waals surface area (Å²) < 4.78 is 5.25. The summed E-state index contributed by atoms with van der Waals surface area (Å²) in [6.07, 6.45) is 7.48. The third-order valence-corrected chi connectivity index (χ3v) is 2.83. The van der Waals surface area contributed by atoms with E-state index in [0.717, 1.165) is 12.0 Å². The number of hydrogen-bond acceptors (Lipinski definition) is 2. The fourth-order valence-corrected chi connectivity index (χ4v) is 1.79. The summed E-state index contributed by atoms with van der Waals surface area (Å²) in [6.45, 7) is 0.0981. The zero-order valence-electron chi connectivity index (χ0n) is 9.39. The van der Waals surface area contributed by atoms with E-state index in [1.54, 1.807) is 7.11 Å². The summed E-state index contributed by atoms with van der Waals surface area (Å²) >= 11 is 0. The SMILES string of the molecule is COC1C=CC(c2ccc(CO)cc2)=CC1. The Bertz CT molecular complexity index is 401. The quantitative estimate of drug-likeness (QED) is 0.841. The third-order valence-electron chi connectivity index (χ3n) is 2.83. The predicted molar refractivity (Wildman–Crippen MR) is 64.9 cm³/mol. The molecule has 0 bridgehead atoms. The summed E-state index contributed by atoms with van der Waals surface area (Å²) in [5, 5.41) is 8.96. The van der Waals surface area contributed by atoms with Crippen molar-refractivity contribution in [3.05, 3.63) is 53.6 Å². The lowest BCUT2D eigenvalue weighted by Crippen LogP contribution is -2.08. The number of aliphatic hydroxyl groups excluding tert-OH is 1. The van der Waals surface area contributed by atoms with Crippen molar-refractivity contribution in [2.75, 3.05) is 7.11 Å². The van der Waals surface area contributed by atoms with Gasteiger partial charge in [-0.1, -0.05) is 42.5 Å². The van der Waals surface area contributed by atoms with Gasteiger partial charge in [0.05, 0.1) is 12.7 Å². The largest absolute Gasteiger partial charge is 0.392 e. The Morgan fingerprint density at radius 2 is 2.06 bits per heavy atom. The molecule has 1 aliphatic rings. The van der Waals surface area contributed by atoms with Crippen LogP contribution in [-0.2, 0) is 11.3 Å². The molecule has 1 atom stereocenters. The minimum atomic E-state index is 0.0981. The first-order valence-corrected chi connectivity index (χ1v) is 5.45. The van der Waals surface area contributed by atoms with Gasteiger partial charge in [-0.2, -0.15) is 0 Å². The van der Waals surface area contributed by atoms with Gasteiger partial charge in [0, 0.05) is 7.11 Å². The molecule has 0 amide bonds. The van der Waals surface area contributed by atoms with Gasteiger partial charge in [0.25, 0.3) is 0 Å². The smallest absolute Gasteiger partial charge is 0.0790 e. The highest BCUT2D eigenvalue weighted by Crippen LogP contribution is 2.22. The van der Waals surface area contributed by atoms with Gasteiger partial charge >= 0.3 is 0 Å². The minimum Gasteiger partial charge on any atom is -0.392 e. The van der Waals surface area contributed by atoms with Crippen molar-refractivity contribution in [2.24, 2.45) is 0 Å². The molecule has 1 aliphatic carbocycles. The van der Waals surface area contributed by atoms with E-state index in [-0.39, 0.29) is 12.7 Å². The lowest BCUT2D eigenvalue weighted by atomic mass is 9.97. The Morgan fingerprint density at radius 3 is 2.56 bits per heavy atom. The lowest BCUT2D eigenvalue weighted by molar-refractivity contribution is 0.143. The van der Waals surface area contributed by atoms with Gasteiger partial charge < -0.3 is 9.84 Å². The summed E-state index contributed by atoms with van der Waals surface area (Å²) in [4.78, 5) is 0. The number of hydrogen-bond donors (Lipinski definition) is 1. The second-order valence-electron chi connectivity index (χ2n) is 3.88. The van der Waals surface area contributed by atoms with Crippen LogP contribution in [0.2, 0.25) is 0 Å². The summed E-state index contributed by atoms with van der Waals surface area (Å²) in [7, 11) is 1.73. The normalized spacial score (nSPS) is 19.6. The van der Waals surface area contributed by atoms with Crippen LogP contribution in [0.4, 0.5) is 0 Å². The Morgan fingerprint density at radius 1 is 1.31 bits per heavy atom. The first kappa shape index (κ1) is 11.1. The van der Waals surface area contributed by atoms with Gasteiger partial charge in [-0.25, -0.2) is 0 Å². The van der Waals surface area contributed by atoms with E-state index in [9.17, 15) is 0 Å². The lowest BCUT2D eigenvalue weighted by Gasteiger charge is -2.14. The predicted octanol–water partition coefficient (Wildman–Crippen LogP) is 2.54. The number of ether oxygens (including phenoxy) is 1. The van der Waals surface area contributed by atoms with Crippen molar-refractivity contribution in [3.63, 3.8) is 0 Å². The maximum atomic E-state index is 8.96. The highest BCUT2D eigenvalue weighted by Gasteiger charge is 2.08. The Labute approximate surface area is 95.9 Å². The molecule has 0 aromatic heterocycles. The Kier molecular flexibility index (Phi) is 3.54. The molecular formula is C14H16O2. The molecule has 84 valence electrons. The highest BCUT2D eigenvalue weighted by atomic mass is 16.5. The summed E-state index contributed by atoms with van der Waals surface area (Å²) in [5.74, 6) is 0. The first-order chi connectivity index (χ1) is 7.83. The molecule has 0 heterocycles. The molecule has 0 spiro atoms. The van der Waals surface area contributed by atoms with Crippen LogP contribution in [0.5, 0.6) is 0 Å². The first-order valence-electron chi connectivity index (χ1n) is 5.45. The maximum Gasteiger partial charge on any atom is 0.0790 e. The molecule has 1 aromatic rings. The van der Waals surface area contributed by atoms with Crippen LogP contribution in [0.15, 0.2) is 42.5 Å². The van der Waals surface area contributed by atoms with E-state index in [1.807, 2.05) is 24.3 Å². The molecule has 0 aliphatic heterocycles. The van der Waals surface area contributed by atoms with Gasteiger partial charge in [-0.3, -0.25) is 0 Å². The van der Waals surface area contributed by atoms with E-state index in [1.165, 1.54) is 11.1 Å². The second kappa shape index (κ2) is 5.10. The van der Waals surface area contributed by atoms with Crippen LogP contribution in [0.1, 0.15) is 17.5 Å².